The molecular weight excluding hydrogens is 696 g/mol. The lowest BCUT2D eigenvalue weighted by Gasteiger charge is -2.31. The number of nitriles is 1. The molecule has 1 unspecified atom stereocenters. The lowest BCUT2D eigenvalue weighted by molar-refractivity contribution is -0.209. The van der Waals surface area contributed by atoms with Crippen molar-refractivity contribution in [2.24, 2.45) is 0 Å². The van der Waals surface area contributed by atoms with Crippen LogP contribution in [0.25, 0.3) is 16.9 Å². The first-order valence-corrected chi connectivity index (χ1v) is 16.8. The number of alkyl halides is 6. The lowest BCUT2D eigenvalue weighted by atomic mass is 10.0. The van der Waals surface area contributed by atoms with Crippen LogP contribution in [0.1, 0.15) is 49.3 Å². The molecule has 3 heterocycles. The highest BCUT2D eigenvalue weighted by atomic mass is 32.2. The zero-order chi connectivity index (χ0) is 36.8. The molecule has 0 radical (unpaired) electrons. The number of aromatic amines is 1. The predicted octanol–water partition coefficient (Wildman–Crippen LogP) is 4.48. The number of nitrogens with one attached hydrogen (secondary N) is 2. The molecule has 2 aromatic heterocycles. The summed E-state index contributed by atoms with van der Waals surface area (Å²) in [7, 11) is -4.56. The monoisotopic (exact) mass is 727 g/mol. The molecule has 1 aliphatic rings. The summed E-state index contributed by atoms with van der Waals surface area (Å²) in [5, 5.41) is 23.8. The van der Waals surface area contributed by atoms with Gasteiger partial charge in [0.2, 0.25) is 10.0 Å². The minimum Gasteiger partial charge on any atom is -0.493 e. The molecule has 2 aromatic carbocycles. The third kappa shape index (κ3) is 7.13. The van der Waals surface area contributed by atoms with Crippen molar-refractivity contribution in [1.82, 2.24) is 24.3 Å². The second kappa shape index (κ2) is 13.6. The number of imidazole rings is 1. The zero-order valence-corrected chi connectivity index (χ0v) is 27.5. The quantitative estimate of drug-likeness (QED) is 0.200. The van der Waals surface area contributed by atoms with Gasteiger partial charge >= 0.3 is 12.4 Å². The van der Waals surface area contributed by atoms with Crippen molar-refractivity contribution in [3.8, 4) is 23.2 Å². The van der Waals surface area contributed by atoms with Crippen LogP contribution in [-0.4, -0.2) is 70.6 Å². The van der Waals surface area contributed by atoms with E-state index in [1.165, 1.54) is 22.7 Å². The fourth-order valence-electron chi connectivity index (χ4n) is 5.98. The standard InChI is InChI=1S/C31H31F6N7O5S/c1-4-6-25-39-16(3)26-29(46)40-28(41-44(25)26)21-13-20(9-10-24(21)49-5-2)50(47,48)42-18-11-23(27(45)31(35,36)37)43(15-18)19-8-7-17(14-38)22(12-19)30(32,33)34/h7-10,12-13,18,23,27,42,45H,4-6,11,15H2,1-3H3,(H,40,41,46)/t18-,23+,27?/m0/s1. The Balaban J connectivity index is 1.53. The van der Waals surface area contributed by atoms with Gasteiger partial charge in [0.05, 0.1) is 46.0 Å². The van der Waals surface area contributed by atoms with Crippen LogP contribution in [0.4, 0.5) is 32.0 Å². The van der Waals surface area contributed by atoms with Crippen LogP contribution in [0, 0.1) is 18.3 Å². The molecule has 5 rings (SSSR count). The minimum absolute atomic E-state index is 0.0561. The smallest absolute Gasteiger partial charge is 0.417 e. The van der Waals surface area contributed by atoms with Gasteiger partial charge in [-0.05, 0) is 63.1 Å². The van der Waals surface area contributed by atoms with Crippen LogP contribution < -0.4 is 19.9 Å². The predicted molar refractivity (Wildman–Crippen MR) is 167 cm³/mol. The number of aryl methyl sites for hydroxylation is 2. The summed E-state index contributed by atoms with van der Waals surface area (Å²) in [5.74, 6) is 0.603. The Bertz CT molecular complexity index is 2130. The van der Waals surface area contributed by atoms with Crippen molar-refractivity contribution in [3.63, 3.8) is 0 Å². The normalized spacial score (nSPS) is 17.7. The number of fused-ring (bicyclic) bond motifs is 1. The maximum atomic E-state index is 13.7. The molecule has 3 N–H and O–H groups in total. The number of halogens is 6. The average Bonchev–Trinajstić information content (AvgIpc) is 3.59. The number of benzene rings is 2. The van der Waals surface area contributed by atoms with Crippen molar-refractivity contribution in [1.29, 1.82) is 5.26 Å². The van der Waals surface area contributed by atoms with Crippen LogP contribution >= 0.6 is 0 Å². The van der Waals surface area contributed by atoms with Crippen molar-refractivity contribution < 1.29 is 44.6 Å². The molecule has 12 nitrogen and oxygen atoms in total. The van der Waals surface area contributed by atoms with Gasteiger partial charge in [0.15, 0.2) is 17.4 Å². The number of anilines is 1. The van der Waals surface area contributed by atoms with Crippen LogP contribution in [-0.2, 0) is 22.6 Å². The van der Waals surface area contributed by atoms with Crippen molar-refractivity contribution in [3.05, 3.63) is 69.4 Å². The minimum atomic E-state index is -5.20. The highest BCUT2D eigenvalue weighted by Crippen LogP contribution is 2.39. The molecule has 0 saturated carbocycles. The maximum Gasteiger partial charge on any atom is 0.417 e. The lowest BCUT2D eigenvalue weighted by Crippen LogP contribution is -2.47. The number of aliphatic hydroxyl groups is 1. The Morgan fingerprint density at radius 3 is 2.50 bits per heavy atom. The first-order valence-electron chi connectivity index (χ1n) is 15.3. The Hall–Kier alpha value is -4.67. The van der Waals surface area contributed by atoms with E-state index in [4.69, 9.17) is 10.00 Å². The fraction of sp³-hybridized carbons (Fsp3) is 0.419. The summed E-state index contributed by atoms with van der Waals surface area (Å²) in [5.41, 5.74) is -2.41. The van der Waals surface area contributed by atoms with E-state index in [1.54, 1.807) is 13.8 Å². The molecule has 1 fully saturated rings. The average molecular weight is 728 g/mol. The third-order valence-corrected chi connectivity index (χ3v) is 9.68. The van der Waals surface area contributed by atoms with Crippen LogP contribution in [0.3, 0.4) is 0 Å². The van der Waals surface area contributed by atoms with Gasteiger partial charge in [-0.25, -0.2) is 22.6 Å². The highest BCUT2D eigenvalue weighted by Gasteiger charge is 2.50. The van der Waals surface area contributed by atoms with E-state index in [0.29, 0.717) is 30.4 Å². The second-order valence-corrected chi connectivity index (χ2v) is 13.3. The Morgan fingerprint density at radius 2 is 1.88 bits per heavy atom. The van der Waals surface area contributed by atoms with E-state index in [0.717, 1.165) is 23.1 Å². The van der Waals surface area contributed by atoms with E-state index >= 15 is 0 Å². The summed E-state index contributed by atoms with van der Waals surface area (Å²) < 4.78 is 119. The first kappa shape index (κ1) is 36.6. The molecule has 50 heavy (non-hydrogen) atoms. The maximum absolute atomic E-state index is 13.7. The van der Waals surface area contributed by atoms with E-state index < -0.39 is 80.8 Å². The van der Waals surface area contributed by atoms with Gasteiger partial charge < -0.3 is 19.7 Å². The number of hydrogen-bond donors (Lipinski definition) is 3. The Kier molecular flexibility index (Phi) is 9.93. The van der Waals surface area contributed by atoms with Crippen molar-refractivity contribution >= 4 is 21.2 Å². The molecule has 268 valence electrons. The molecular formula is C31H31F6N7O5S. The number of nitrogens with zero attached hydrogens (tertiary/aromatic N) is 5. The summed E-state index contributed by atoms with van der Waals surface area (Å²) in [4.78, 5) is 20.6. The summed E-state index contributed by atoms with van der Waals surface area (Å²) in [6, 6.07) is 4.11. The number of H-pyrrole nitrogens is 1. The summed E-state index contributed by atoms with van der Waals surface area (Å²) in [6.45, 7) is 4.83. The number of sulfonamides is 1. The van der Waals surface area contributed by atoms with Crippen LogP contribution in [0.5, 0.6) is 5.75 Å². The molecule has 4 aromatic rings. The summed E-state index contributed by atoms with van der Waals surface area (Å²) in [6.07, 6.45) is -12.7. The Morgan fingerprint density at radius 1 is 1.16 bits per heavy atom. The topological polar surface area (TPSA) is 166 Å². The third-order valence-electron chi connectivity index (χ3n) is 8.16. The van der Waals surface area contributed by atoms with Crippen molar-refractivity contribution in [2.45, 2.75) is 75.5 Å². The van der Waals surface area contributed by atoms with E-state index in [1.807, 2.05) is 6.92 Å². The van der Waals surface area contributed by atoms with Gasteiger partial charge in [0.1, 0.15) is 11.6 Å². The van der Waals surface area contributed by atoms with Gasteiger partial charge in [0.25, 0.3) is 5.56 Å². The number of rotatable bonds is 10. The second-order valence-electron chi connectivity index (χ2n) is 11.6. The molecule has 0 bridgehead atoms. The van der Waals surface area contributed by atoms with E-state index in [2.05, 4.69) is 19.8 Å². The zero-order valence-electron chi connectivity index (χ0n) is 26.7. The van der Waals surface area contributed by atoms with Gasteiger partial charge in [-0.2, -0.15) is 31.6 Å². The number of hydrogen-bond acceptors (Lipinski definition) is 9. The molecule has 0 spiro atoms. The number of aromatic nitrogens is 4. The Labute approximate surface area is 281 Å². The largest absolute Gasteiger partial charge is 0.493 e. The van der Waals surface area contributed by atoms with Gasteiger partial charge in [-0.1, -0.05) is 6.92 Å². The molecule has 1 aliphatic heterocycles. The molecule has 0 aliphatic carbocycles. The molecule has 3 atom stereocenters. The molecule has 0 amide bonds. The van der Waals surface area contributed by atoms with Crippen LogP contribution in [0.15, 0.2) is 46.1 Å². The highest BCUT2D eigenvalue weighted by molar-refractivity contribution is 7.89. The number of aliphatic hydroxyl groups excluding tert-OH is 1. The fourth-order valence-corrected chi connectivity index (χ4v) is 7.25. The van der Waals surface area contributed by atoms with Crippen molar-refractivity contribution in [2.75, 3.05) is 18.1 Å². The SMILES string of the molecule is CCCc1nc(C)c2c(=O)[nH]c(-c3cc(S(=O)(=O)N[C@H]4C[C@H](C(O)C(F)(F)F)N(c5ccc(C#N)c(C(F)(F)F)c5)C4)ccc3OCC)nn12. The van der Waals surface area contributed by atoms with E-state index in [-0.39, 0.29) is 29.3 Å². The van der Waals surface area contributed by atoms with Gasteiger partial charge in [-0.3, -0.25) is 4.79 Å². The first-order chi connectivity index (χ1) is 23.4. The molecule has 1 saturated heterocycles. The van der Waals surface area contributed by atoms with Gasteiger partial charge in [0, 0.05) is 24.7 Å². The summed E-state index contributed by atoms with van der Waals surface area (Å²) >= 11 is 0. The van der Waals surface area contributed by atoms with Gasteiger partial charge in [-0.15, -0.1) is 5.10 Å². The van der Waals surface area contributed by atoms with Crippen LogP contribution in [0.2, 0.25) is 0 Å². The molecule has 19 heteroatoms. The number of ether oxygens (including phenoxy) is 1. The van der Waals surface area contributed by atoms with E-state index in [9.17, 15) is 44.7 Å².